The molecule has 7 nitrogen and oxygen atoms in total. The van der Waals surface area contributed by atoms with Gasteiger partial charge in [-0.05, 0) is 19.2 Å². The van der Waals surface area contributed by atoms with Crippen molar-refractivity contribution in [2.24, 2.45) is 12.8 Å². The first-order valence-electron chi connectivity index (χ1n) is 8.55. The van der Waals surface area contributed by atoms with Crippen LogP contribution >= 0.6 is 0 Å². The maximum Gasteiger partial charge on any atom is 0.150 e. The molecule has 0 bridgehead atoms. The molecule has 0 spiro atoms. The van der Waals surface area contributed by atoms with Crippen LogP contribution in [0.3, 0.4) is 0 Å². The fourth-order valence-corrected chi connectivity index (χ4v) is 3.54. The predicted octanol–water partition coefficient (Wildman–Crippen LogP) is 0.364. The van der Waals surface area contributed by atoms with E-state index in [4.69, 9.17) is 5.73 Å². The number of likely N-dealkylation sites (N-methyl/N-ethyl adjacent to an activating group) is 1. The first-order chi connectivity index (χ1) is 12.0. The number of nitrogens with zero attached hydrogens (tertiary/aromatic N) is 5. The van der Waals surface area contributed by atoms with Crippen molar-refractivity contribution >= 4 is 5.57 Å². The first-order valence-corrected chi connectivity index (χ1v) is 8.55. The van der Waals surface area contributed by atoms with E-state index in [-0.39, 0.29) is 12.0 Å². The molecule has 8 heteroatoms. The Morgan fingerprint density at radius 1 is 1.28 bits per heavy atom. The van der Waals surface area contributed by atoms with Crippen LogP contribution in [-0.2, 0) is 13.6 Å². The summed E-state index contributed by atoms with van der Waals surface area (Å²) < 4.78 is 16.5. The second kappa shape index (κ2) is 6.38. The molecule has 3 N–H and O–H groups in total. The largest absolute Gasteiger partial charge is 0.311 e. The molecular weight excluding hydrogens is 321 g/mol. The van der Waals surface area contributed by atoms with Crippen LogP contribution in [0.5, 0.6) is 0 Å². The summed E-state index contributed by atoms with van der Waals surface area (Å²) in [6.45, 7) is 4.91. The summed E-state index contributed by atoms with van der Waals surface area (Å²) in [5.41, 5.74) is 12.1. The number of fused-ring (bicyclic) bond motifs is 1. The van der Waals surface area contributed by atoms with Crippen LogP contribution < -0.4 is 11.2 Å². The van der Waals surface area contributed by atoms with Gasteiger partial charge in [-0.2, -0.15) is 5.10 Å². The maximum atomic E-state index is 14.7. The van der Waals surface area contributed by atoms with E-state index in [0.29, 0.717) is 5.57 Å². The van der Waals surface area contributed by atoms with Crippen LogP contribution in [0.4, 0.5) is 4.39 Å². The summed E-state index contributed by atoms with van der Waals surface area (Å²) in [7, 11) is 4.00. The molecule has 0 saturated carbocycles. The van der Waals surface area contributed by atoms with E-state index in [1.165, 1.54) is 6.20 Å². The van der Waals surface area contributed by atoms with Crippen molar-refractivity contribution < 1.29 is 4.39 Å². The topological polar surface area (TPSA) is 65.6 Å². The Kier molecular flexibility index (Phi) is 4.20. The first kappa shape index (κ1) is 16.5. The van der Waals surface area contributed by atoms with Gasteiger partial charge in [0, 0.05) is 50.9 Å². The van der Waals surface area contributed by atoms with E-state index in [1.54, 1.807) is 9.69 Å². The second-order valence-electron chi connectivity index (χ2n) is 6.87. The van der Waals surface area contributed by atoms with E-state index in [2.05, 4.69) is 27.4 Å². The van der Waals surface area contributed by atoms with Crippen LogP contribution in [0.15, 0.2) is 36.1 Å². The monoisotopic (exact) mass is 345 g/mol. The molecule has 0 aliphatic carbocycles. The number of piperazine rings is 1. The van der Waals surface area contributed by atoms with E-state index < -0.39 is 0 Å². The van der Waals surface area contributed by atoms with Crippen LogP contribution in [0, 0.1) is 0 Å². The minimum Gasteiger partial charge on any atom is -0.311 e. The Morgan fingerprint density at radius 2 is 2.04 bits per heavy atom. The number of hydrogen-bond acceptors (Lipinski definition) is 6. The lowest BCUT2D eigenvalue weighted by Gasteiger charge is -2.32. The van der Waals surface area contributed by atoms with Gasteiger partial charge in [-0.3, -0.25) is 14.6 Å². The van der Waals surface area contributed by atoms with Crippen molar-refractivity contribution in [1.29, 1.82) is 0 Å². The number of hydrazine groups is 1. The van der Waals surface area contributed by atoms with Gasteiger partial charge in [-0.1, -0.05) is 0 Å². The number of allylic oxidation sites excluding steroid dienone is 3. The van der Waals surface area contributed by atoms with Gasteiger partial charge in [0.1, 0.15) is 5.83 Å². The summed E-state index contributed by atoms with van der Waals surface area (Å²) in [6, 6.07) is 0. The Labute approximate surface area is 146 Å². The Balaban J connectivity index is 1.62. The number of rotatable bonds is 3. The van der Waals surface area contributed by atoms with E-state index in [1.807, 2.05) is 25.4 Å². The van der Waals surface area contributed by atoms with Gasteiger partial charge < -0.3 is 10.6 Å². The zero-order chi connectivity index (χ0) is 17.6. The standard InChI is InChI=1S/C17H24FN7/c1-22-3-5-24(6-4-22)10-12-9-20-23(2)17(12)14-7-13-8-16(19)21-25(13)11-15(14)18/h7-9,11,16,21H,3-6,10,19H2,1-2H3. The number of aryl methyl sites for hydroxylation is 1. The van der Waals surface area contributed by atoms with Crippen LogP contribution in [0.25, 0.3) is 5.57 Å². The predicted molar refractivity (Wildman–Crippen MR) is 94.2 cm³/mol. The second-order valence-corrected chi connectivity index (χ2v) is 6.87. The molecule has 1 fully saturated rings. The average molecular weight is 345 g/mol. The Bertz CT molecular complexity index is 755. The quantitative estimate of drug-likeness (QED) is 0.825. The van der Waals surface area contributed by atoms with Gasteiger partial charge in [0.15, 0.2) is 0 Å². The summed E-state index contributed by atoms with van der Waals surface area (Å²) >= 11 is 0. The lowest BCUT2D eigenvalue weighted by atomic mass is 10.0. The maximum absolute atomic E-state index is 14.7. The highest BCUT2D eigenvalue weighted by Gasteiger charge is 2.27. The molecule has 1 atom stereocenters. The van der Waals surface area contributed by atoms with Crippen molar-refractivity contribution in [3.63, 3.8) is 0 Å². The highest BCUT2D eigenvalue weighted by Crippen LogP contribution is 2.34. The Morgan fingerprint density at radius 3 is 2.80 bits per heavy atom. The van der Waals surface area contributed by atoms with Gasteiger partial charge >= 0.3 is 0 Å². The fourth-order valence-electron chi connectivity index (χ4n) is 3.54. The molecule has 1 unspecified atom stereocenters. The highest BCUT2D eigenvalue weighted by molar-refractivity contribution is 5.80. The molecule has 1 aromatic rings. The molecule has 25 heavy (non-hydrogen) atoms. The molecule has 3 aliphatic rings. The third-order valence-electron chi connectivity index (χ3n) is 4.97. The molecule has 1 saturated heterocycles. The van der Waals surface area contributed by atoms with Gasteiger partial charge in [0.25, 0.3) is 0 Å². The van der Waals surface area contributed by atoms with Gasteiger partial charge in [0.05, 0.1) is 30.0 Å². The zero-order valence-corrected chi connectivity index (χ0v) is 14.6. The van der Waals surface area contributed by atoms with Crippen LogP contribution in [0.1, 0.15) is 11.3 Å². The molecular formula is C17H24FN7. The molecule has 3 aliphatic heterocycles. The smallest absolute Gasteiger partial charge is 0.150 e. The summed E-state index contributed by atoms with van der Waals surface area (Å²) in [5, 5.41) is 6.00. The normalized spacial score (nSPS) is 24.9. The van der Waals surface area contributed by atoms with Crippen molar-refractivity contribution in [1.82, 2.24) is 30.0 Å². The van der Waals surface area contributed by atoms with Gasteiger partial charge in [0.2, 0.25) is 0 Å². The lowest BCUT2D eigenvalue weighted by molar-refractivity contribution is 0.148. The molecule has 1 aromatic heterocycles. The summed E-state index contributed by atoms with van der Waals surface area (Å²) in [4.78, 5) is 4.72. The molecule has 0 amide bonds. The third kappa shape index (κ3) is 3.13. The van der Waals surface area contributed by atoms with Crippen LogP contribution in [-0.4, -0.2) is 64.0 Å². The summed E-state index contributed by atoms with van der Waals surface area (Å²) in [6.07, 6.45) is 6.70. The number of hydrogen-bond donors (Lipinski definition) is 2. The van der Waals surface area contributed by atoms with Gasteiger partial charge in [-0.15, -0.1) is 0 Å². The molecule has 134 valence electrons. The molecule has 0 aromatic carbocycles. The molecule has 4 heterocycles. The number of aromatic nitrogens is 2. The SMILES string of the molecule is CN1CCN(Cc2cnn(C)c2C2=CC3=CC(N)NN3C=C2F)CC1. The van der Waals surface area contributed by atoms with E-state index in [9.17, 15) is 4.39 Å². The average Bonchev–Trinajstić information content (AvgIpc) is 3.10. The third-order valence-corrected chi connectivity index (χ3v) is 4.97. The van der Waals surface area contributed by atoms with Crippen molar-refractivity contribution in [2.45, 2.75) is 12.7 Å². The Hall–Kier alpha value is -2.00. The highest BCUT2D eigenvalue weighted by atomic mass is 19.1. The fraction of sp³-hybridized carbons (Fsp3) is 0.471. The number of nitrogens with one attached hydrogen (secondary N) is 1. The minimum absolute atomic E-state index is 0.290. The summed E-state index contributed by atoms with van der Waals surface area (Å²) in [5.74, 6) is -0.290. The number of nitrogens with two attached hydrogens (primary N) is 1. The lowest BCUT2D eigenvalue weighted by Crippen LogP contribution is -2.44. The molecule has 4 rings (SSSR count). The van der Waals surface area contributed by atoms with Crippen LogP contribution in [0.2, 0.25) is 0 Å². The van der Waals surface area contributed by atoms with E-state index in [0.717, 1.165) is 49.7 Å². The van der Waals surface area contributed by atoms with Crippen molar-refractivity contribution in [2.75, 3.05) is 33.2 Å². The number of halogens is 1. The van der Waals surface area contributed by atoms with Crippen molar-refractivity contribution in [3.05, 3.63) is 47.3 Å². The molecule has 0 radical (unpaired) electrons. The minimum atomic E-state index is -0.300. The van der Waals surface area contributed by atoms with Crippen molar-refractivity contribution in [3.8, 4) is 0 Å². The van der Waals surface area contributed by atoms with E-state index >= 15 is 0 Å². The van der Waals surface area contributed by atoms with Gasteiger partial charge in [-0.25, -0.2) is 9.82 Å². The zero-order valence-electron chi connectivity index (χ0n) is 14.6.